The van der Waals surface area contributed by atoms with Crippen LogP contribution in [0.5, 0.6) is 0 Å². The molecule has 0 fully saturated rings. The summed E-state index contributed by atoms with van der Waals surface area (Å²) in [7, 11) is 0. The van der Waals surface area contributed by atoms with Gasteiger partial charge in [-0.3, -0.25) is 0 Å². The lowest BCUT2D eigenvalue weighted by atomic mass is 10.1. The number of hydrogen-bond donors (Lipinski definition) is 1. The molecule has 1 N–H and O–H groups in total. The van der Waals surface area contributed by atoms with Crippen LogP contribution < -0.4 is 5.32 Å². The predicted molar refractivity (Wildman–Crippen MR) is 108 cm³/mol. The van der Waals surface area contributed by atoms with Crippen molar-refractivity contribution in [3.05, 3.63) is 79.7 Å². The highest BCUT2D eigenvalue weighted by Crippen LogP contribution is 2.28. The van der Waals surface area contributed by atoms with E-state index in [1.807, 2.05) is 38.1 Å². The number of fused-ring (bicyclic) bond motifs is 1. The van der Waals surface area contributed by atoms with Gasteiger partial charge < -0.3 is 10.1 Å². The van der Waals surface area contributed by atoms with Crippen LogP contribution in [-0.2, 0) is 4.74 Å². The van der Waals surface area contributed by atoms with E-state index in [4.69, 9.17) is 4.74 Å². The Balaban J connectivity index is 2.06. The third kappa shape index (κ3) is 4.55. The summed E-state index contributed by atoms with van der Waals surface area (Å²) in [5, 5.41) is 4.19. The molecule has 3 aromatic rings. The molecule has 27 heavy (non-hydrogen) atoms. The molecule has 0 aliphatic carbocycles. The Morgan fingerprint density at radius 1 is 1.22 bits per heavy atom. The van der Waals surface area contributed by atoms with E-state index in [9.17, 15) is 0 Å². The fourth-order valence-corrected chi connectivity index (χ4v) is 2.56. The van der Waals surface area contributed by atoms with Gasteiger partial charge in [0.1, 0.15) is 17.9 Å². The van der Waals surface area contributed by atoms with Gasteiger partial charge in [-0.2, -0.15) is 0 Å². The number of anilines is 2. The van der Waals surface area contributed by atoms with Crippen LogP contribution in [0, 0.1) is 0 Å². The van der Waals surface area contributed by atoms with Gasteiger partial charge in [-0.05, 0) is 44.2 Å². The Bertz CT molecular complexity index is 996. The Labute approximate surface area is 158 Å². The smallest absolute Gasteiger partial charge is 0.161 e. The van der Waals surface area contributed by atoms with E-state index in [1.165, 1.54) is 6.33 Å². The number of allylic oxidation sites excluding steroid dienone is 3. The fraction of sp³-hybridized carbons (Fsp3) is 0.143. The first-order valence-corrected chi connectivity index (χ1v) is 8.55. The Morgan fingerprint density at radius 3 is 2.78 bits per heavy atom. The zero-order chi connectivity index (χ0) is 19.2. The van der Waals surface area contributed by atoms with E-state index in [0.29, 0.717) is 22.9 Å². The van der Waals surface area contributed by atoms with Crippen LogP contribution >= 0.6 is 0 Å². The van der Waals surface area contributed by atoms with Gasteiger partial charge in [-0.1, -0.05) is 19.2 Å². The minimum absolute atomic E-state index is 0.0426. The molecule has 0 aromatic carbocycles. The molecule has 6 nitrogen and oxygen atoms in total. The summed E-state index contributed by atoms with van der Waals surface area (Å²) in [6.45, 7) is 11.7. The number of aromatic nitrogens is 4. The lowest BCUT2D eigenvalue weighted by Crippen LogP contribution is -2.01. The van der Waals surface area contributed by atoms with Crippen molar-refractivity contribution in [2.75, 3.05) is 5.32 Å². The highest BCUT2D eigenvalue weighted by atomic mass is 16.5. The standard InChI is InChI=1S/C21H21N5O/c1-5-16(11-15(4)27-14(2)3)18-12-19(25-20-8-10-22-13-24-20)17-7-6-9-23-21(17)26-18/h5-14H,1,4H2,2-3H3,(H,22,23,24,25,26)/b16-11+. The third-order valence-electron chi connectivity index (χ3n) is 3.65. The summed E-state index contributed by atoms with van der Waals surface area (Å²) in [6, 6.07) is 7.56. The van der Waals surface area contributed by atoms with Gasteiger partial charge in [-0.25, -0.2) is 19.9 Å². The van der Waals surface area contributed by atoms with Crippen LogP contribution in [0.1, 0.15) is 19.5 Å². The molecule has 0 saturated carbocycles. The molecule has 0 amide bonds. The molecule has 3 aromatic heterocycles. The summed E-state index contributed by atoms with van der Waals surface area (Å²) in [5.41, 5.74) is 2.96. The zero-order valence-electron chi connectivity index (χ0n) is 15.4. The zero-order valence-corrected chi connectivity index (χ0v) is 15.4. The second-order valence-corrected chi connectivity index (χ2v) is 6.09. The second kappa shape index (κ2) is 8.23. The molecule has 3 heterocycles. The van der Waals surface area contributed by atoms with Crippen molar-refractivity contribution in [2.24, 2.45) is 0 Å². The van der Waals surface area contributed by atoms with Crippen LogP contribution in [0.25, 0.3) is 16.6 Å². The molecule has 0 radical (unpaired) electrons. The number of ether oxygens (including phenoxy) is 1. The number of nitrogens with zero attached hydrogens (tertiary/aromatic N) is 4. The van der Waals surface area contributed by atoms with Crippen LogP contribution in [0.3, 0.4) is 0 Å². The minimum atomic E-state index is 0.0426. The summed E-state index contributed by atoms with van der Waals surface area (Å²) in [4.78, 5) is 17.2. The van der Waals surface area contributed by atoms with Crippen molar-refractivity contribution in [3.63, 3.8) is 0 Å². The molecule has 3 rings (SSSR count). The average molecular weight is 359 g/mol. The molecule has 0 atom stereocenters. The maximum absolute atomic E-state index is 5.62. The van der Waals surface area contributed by atoms with Crippen molar-refractivity contribution in [2.45, 2.75) is 20.0 Å². The van der Waals surface area contributed by atoms with E-state index < -0.39 is 0 Å². The van der Waals surface area contributed by atoms with E-state index in [-0.39, 0.29) is 6.10 Å². The number of pyridine rings is 2. The van der Waals surface area contributed by atoms with E-state index >= 15 is 0 Å². The Kier molecular flexibility index (Phi) is 5.56. The summed E-state index contributed by atoms with van der Waals surface area (Å²) < 4.78 is 5.62. The molecule has 0 aliphatic rings. The summed E-state index contributed by atoms with van der Waals surface area (Å²) in [5.74, 6) is 1.23. The molecule has 0 unspecified atom stereocenters. The van der Waals surface area contributed by atoms with Crippen LogP contribution in [0.15, 0.2) is 74.1 Å². The predicted octanol–water partition coefficient (Wildman–Crippen LogP) is 4.67. The molecule has 136 valence electrons. The molecule has 0 aliphatic heterocycles. The average Bonchev–Trinajstić information content (AvgIpc) is 2.66. The van der Waals surface area contributed by atoms with Crippen LogP contribution in [-0.4, -0.2) is 26.0 Å². The topological polar surface area (TPSA) is 72.8 Å². The van der Waals surface area contributed by atoms with Gasteiger partial charge in [0.05, 0.1) is 17.5 Å². The van der Waals surface area contributed by atoms with Crippen molar-refractivity contribution >= 4 is 28.1 Å². The lowest BCUT2D eigenvalue weighted by molar-refractivity contribution is 0.159. The first-order chi connectivity index (χ1) is 13.1. The van der Waals surface area contributed by atoms with Crippen LogP contribution in [0.4, 0.5) is 11.5 Å². The van der Waals surface area contributed by atoms with E-state index in [2.05, 4.69) is 38.4 Å². The lowest BCUT2D eigenvalue weighted by Gasteiger charge is -2.13. The third-order valence-corrected chi connectivity index (χ3v) is 3.65. The molecule has 0 spiro atoms. The SMILES string of the molecule is C=C/C(=C\C(=C)OC(C)C)c1cc(Nc2ccncn2)c2cccnc2n1. The van der Waals surface area contributed by atoms with E-state index in [0.717, 1.165) is 16.6 Å². The largest absolute Gasteiger partial charge is 0.492 e. The van der Waals surface area contributed by atoms with Crippen molar-refractivity contribution < 1.29 is 4.74 Å². The summed E-state index contributed by atoms with van der Waals surface area (Å²) in [6.07, 6.45) is 8.47. The second-order valence-electron chi connectivity index (χ2n) is 6.09. The first-order valence-electron chi connectivity index (χ1n) is 8.55. The van der Waals surface area contributed by atoms with Crippen molar-refractivity contribution in [1.29, 1.82) is 0 Å². The first kappa shape index (κ1) is 18.3. The maximum atomic E-state index is 5.62. The molecule has 6 heteroatoms. The van der Waals surface area contributed by atoms with Gasteiger partial charge >= 0.3 is 0 Å². The molecular formula is C21H21N5O. The highest BCUT2D eigenvalue weighted by molar-refractivity contribution is 5.93. The number of nitrogens with one attached hydrogen (secondary N) is 1. The Morgan fingerprint density at radius 2 is 2.07 bits per heavy atom. The van der Waals surface area contributed by atoms with Gasteiger partial charge in [0.2, 0.25) is 0 Å². The monoisotopic (exact) mass is 359 g/mol. The number of rotatable bonds is 7. The van der Waals surface area contributed by atoms with Crippen molar-refractivity contribution in [3.8, 4) is 0 Å². The fourth-order valence-electron chi connectivity index (χ4n) is 2.56. The molecular weight excluding hydrogens is 338 g/mol. The van der Waals surface area contributed by atoms with Crippen LogP contribution in [0.2, 0.25) is 0 Å². The van der Waals surface area contributed by atoms with Gasteiger partial charge in [0.15, 0.2) is 5.65 Å². The van der Waals surface area contributed by atoms with Gasteiger partial charge in [-0.15, -0.1) is 0 Å². The number of hydrogen-bond acceptors (Lipinski definition) is 6. The Hall–Kier alpha value is -3.54. The minimum Gasteiger partial charge on any atom is -0.492 e. The van der Waals surface area contributed by atoms with Gasteiger partial charge in [0.25, 0.3) is 0 Å². The maximum Gasteiger partial charge on any atom is 0.161 e. The van der Waals surface area contributed by atoms with Crippen molar-refractivity contribution in [1.82, 2.24) is 19.9 Å². The normalized spacial score (nSPS) is 11.4. The quantitative estimate of drug-likeness (QED) is 0.488. The summed E-state index contributed by atoms with van der Waals surface area (Å²) >= 11 is 0. The molecule has 0 saturated heterocycles. The molecule has 0 bridgehead atoms. The van der Waals surface area contributed by atoms with E-state index in [1.54, 1.807) is 24.5 Å². The highest BCUT2D eigenvalue weighted by Gasteiger charge is 2.10. The van der Waals surface area contributed by atoms with Gasteiger partial charge in [0, 0.05) is 23.4 Å².